The number of urea groups is 1. The molecule has 2 aromatic carbocycles. The van der Waals surface area contributed by atoms with Crippen molar-refractivity contribution in [3.8, 4) is 23.0 Å². The van der Waals surface area contributed by atoms with Gasteiger partial charge in [0.1, 0.15) is 23.0 Å². The van der Waals surface area contributed by atoms with Crippen molar-refractivity contribution in [1.82, 2.24) is 14.7 Å². The molecule has 0 N–H and O–H groups in total. The molecule has 3 aliphatic rings. The lowest BCUT2D eigenvalue weighted by Crippen LogP contribution is -2.54. The lowest BCUT2D eigenvalue weighted by molar-refractivity contribution is 0.0667. The number of carbonyl (C=O) groups excluding carboxylic acids is 1. The standard InChI is InChI=1S/C32H43N3O6/c1-31(2)19-28-32(8-10-33(11-9-32)20-22-14-24(38-4)17-25(15-22)39-5)35(12-13-37-3)30(36)34(28)21-23-16-26(40-6)18-27(41-7)29(23)31/h14-19H,8-13,20-21H2,1-7H3. The lowest BCUT2D eigenvalue weighted by Gasteiger charge is -2.45. The predicted molar refractivity (Wildman–Crippen MR) is 157 cm³/mol. The van der Waals surface area contributed by atoms with Crippen molar-refractivity contribution in [3.63, 3.8) is 0 Å². The monoisotopic (exact) mass is 565 g/mol. The first kappa shape index (κ1) is 29.1. The number of fused-ring (bicyclic) bond motifs is 3. The zero-order valence-electron chi connectivity index (χ0n) is 25.4. The Bertz CT molecular complexity index is 1290. The Hall–Kier alpha value is -3.43. The number of methoxy groups -OCH3 is 5. The summed E-state index contributed by atoms with van der Waals surface area (Å²) in [5.41, 5.74) is 3.59. The van der Waals surface area contributed by atoms with Gasteiger partial charge in [-0.05, 0) is 42.2 Å². The molecular weight excluding hydrogens is 522 g/mol. The topological polar surface area (TPSA) is 72.9 Å². The van der Waals surface area contributed by atoms with Crippen LogP contribution < -0.4 is 18.9 Å². The number of likely N-dealkylation sites (tertiary alicyclic amines) is 1. The van der Waals surface area contributed by atoms with Gasteiger partial charge in [-0.2, -0.15) is 0 Å². The van der Waals surface area contributed by atoms with Crippen molar-refractivity contribution < 1.29 is 28.5 Å². The number of rotatable bonds is 9. The van der Waals surface area contributed by atoms with Crippen molar-refractivity contribution in [2.75, 3.05) is 61.8 Å². The van der Waals surface area contributed by atoms with Gasteiger partial charge in [-0.1, -0.05) is 19.9 Å². The van der Waals surface area contributed by atoms with E-state index in [9.17, 15) is 4.79 Å². The highest BCUT2D eigenvalue weighted by Crippen LogP contribution is 2.50. The van der Waals surface area contributed by atoms with E-state index >= 15 is 0 Å². The summed E-state index contributed by atoms with van der Waals surface area (Å²) in [6.07, 6.45) is 3.97. The molecular formula is C32H43N3O6. The maximum atomic E-state index is 14.2. The molecule has 0 aromatic heterocycles. The second-order valence-corrected chi connectivity index (χ2v) is 11.7. The largest absolute Gasteiger partial charge is 0.497 e. The highest BCUT2D eigenvalue weighted by Gasteiger charge is 2.56. The van der Waals surface area contributed by atoms with Crippen LogP contribution in [0.2, 0.25) is 0 Å². The van der Waals surface area contributed by atoms with E-state index < -0.39 is 5.54 Å². The number of benzene rings is 2. The zero-order chi connectivity index (χ0) is 29.4. The molecule has 0 saturated carbocycles. The molecule has 222 valence electrons. The molecule has 2 amide bonds. The Balaban J connectivity index is 1.49. The molecule has 0 aliphatic carbocycles. The summed E-state index contributed by atoms with van der Waals surface area (Å²) in [6.45, 7) is 8.41. The quantitative estimate of drug-likeness (QED) is 0.432. The van der Waals surface area contributed by atoms with Gasteiger partial charge in [0.15, 0.2) is 0 Å². The van der Waals surface area contributed by atoms with E-state index in [1.807, 2.05) is 23.1 Å². The summed E-state index contributed by atoms with van der Waals surface area (Å²) < 4.78 is 27.9. The fourth-order valence-corrected chi connectivity index (χ4v) is 6.87. The number of piperidine rings is 1. The summed E-state index contributed by atoms with van der Waals surface area (Å²) in [6, 6.07) is 10.0. The maximum absolute atomic E-state index is 14.2. The number of ether oxygens (including phenoxy) is 5. The van der Waals surface area contributed by atoms with E-state index in [1.165, 1.54) is 0 Å². The number of amides is 2. The third-order valence-corrected chi connectivity index (χ3v) is 8.85. The second-order valence-electron chi connectivity index (χ2n) is 11.7. The van der Waals surface area contributed by atoms with Gasteiger partial charge >= 0.3 is 6.03 Å². The minimum Gasteiger partial charge on any atom is -0.497 e. The zero-order valence-corrected chi connectivity index (χ0v) is 25.4. The number of hydrogen-bond acceptors (Lipinski definition) is 7. The van der Waals surface area contributed by atoms with Crippen LogP contribution >= 0.6 is 0 Å². The molecule has 0 atom stereocenters. The van der Waals surface area contributed by atoms with Crippen LogP contribution in [0.4, 0.5) is 4.79 Å². The maximum Gasteiger partial charge on any atom is 0.325 e. The molecule has 9 nitrogen and oxygen atoms in total. The predicted octanol–water partition coefficient (Wildman–Crippen LogP) is 4.81. The van der Waals surface area contributed by atoms with Crippen molar-refractivity contribution in [2.24, 2.45) is 0 Å². The fraction of sp³-hybridized carbons (Fsp3) is 0.531. The number of carbonyl (C=O) groups is 1. The smallest absolute Gasteiger partial charge is 0.325 e. The Morgan fingerprint density at radius 1 is 0.829 bits per heavy atom. The Kier molecular flexibility index (Phi) is 8.12. The summed E-state index contributed by atoms with van der Waals surface area (Å²) in [7, 11) is 8.38. The molecule has 1 spiro atoms. The lowest BCUT2D eigenvalue weighted by atomic mass is 9.77. The van der Waals surface area contributed by atoms with Crippen LogP contribution in [0, 0.1) is 0 Å². The molecule has 3 heterocycles. The molecule has 0 radical (unpaired) electrons. The minimum absolute atomic E-state index is 0.0321. The second kappa shape index (κ2) is 11.4. The van der Waals surface area contributed by atoms with Crippen molar-refractivity contribution in [3.05, 3.63) is 58.8 Å². The van der Waals surface area contributed by atoms with Gasteiger partial charge in [0.2, 0.25) is 0 Å². The minimum atomic E-state index is -0.408. The number of nitrogens with zero attached hydrogens (tertiary/aromatic N) is 3. The molecule has 2 saturated heterocycles. The molecule has 0 bridgehead atoms. The third-order valence-electron chi connectivity index (χ3n) is 8.85. The van der Waals surface area contributed by atoms with Gasteiger partial charge in [0, 0.05) is 62.1 Å². The van der Waals surface area contributed by atoms with Crippen LogP contribution in [0.15, 0.2) is 42.1 Å². The van der Waals surface area contributed by atoms with E-state index in [0.717, 1.165) is 77.9 Å². The Labute approximate surface area is 243 Å². The third kappa shape index (κ3) is 5.21. The van der Waals surface area contributed by atoms with Crippen LogP contribution in [-0.4, -0.2) is 88.1 Å². The Morgan fingerprint density at radius 2 is 1.46 bits per heavy atom. The van der Waals surface area contributed by atoms with Crippen molar-refractivity contribution in [2.45, 2.75) is 50.7 Å². The first-order chi connectivity index (χ1) is 19.7. The SMILES string of the molecule is COCCN1C(=O)N2Cc3cc(OC)cc(OC)c3C(C)(C)C=C2C12CCN(Cc1cc(OC)cc(OC)c1)CC2. The van der Waals surface area contributed by atoms with Crippen LogP contribution in [0.1, 0.15) is 43.4 Å². The van der Waals surface area contributed by atoms with E-state index in [-0.39, 0.29) is 11.4 Å². The van der Waals surface area contributed by atoms with Gasteiger partial charge in [-0.15, -0.1) is 0 Å². The van der Waals surface area contributed by atoms with Crippen LogP contribution in [-0.2, 0) is 23.2 Å². The molecule has 41 heavy (non-hydrogen) atoms. The van der Waals surface area contributed by atoms with Gasteiger partial charge in [0.25, 0.3) is 0 Å². The van der Waals surface area contributed by atoms with Crippen LogP contribution in [0.3, 0.4) is 0 Å². The highest BCUT2D eigenvalue weighted by molar-refractivity contribution is 5.83. The first-order valence-electron chi connectivity index (χ1n) is 14.2. The molecule has 5 rings (SSSR count). The summed E-state index contributed by atoms with van der Waals surface area (Å²) in [4.78, 5) is 20.7. The average Bonchev–Trinajstić information content (AvgIpc) is 3.08. The number of allylic oxidation sites excluding steroid dienone is 1. The summed E-state index contributed by atoms with van der Waals surface area (Å²) >= 11 is 0. The fourth-order valence-electron chi connectivity index (χ4n) is 6.87. The van der Waals surface area contributed by atoms with E-state index in [2.05, 4.69) is 41.9 Å². The highest BCUT2D eigenvalue weighted by atomic mass is 16.5. The van der Waals surface area contributed by atoms with E-state index in [0.29, 0.717) is 19.7 Å². The van der Waals surface area contributed by atoms with Crippen molar-refractivity contribution >= 4 is 6.03 Å². The van der Waals surface area contributed by atoms with Crippen molar-refractivity contribution in [1.29, 1.82) is 0 Å². The normalized spacial score (nSPS) is 19.4. The van der Waals surface area contributed by atoms with E-state index in [1.54, 1.807) is 35.5 Å². The number of hydrogen-bond donors (Lipinski definition) is 0. The van der Waals surface area contributed by atoms with E-state index in [4.69, 9.17) is 23.7 Å². The first-order valence-corrected chi connectivity index (χ1v) is 14.2. The van der Waals surface area contributed by atoms with Crippen LogP contribution in [0.5, 0.6) is 23.0 Å². The van der Waals surface area contributed by atoms with Gasteiger partial charge < -0.3 is 28.6 Å². The molecule has 2 fully saturated rings. The van der Waals surface area contributed by atoms with Gasteiger partial charge in [0.05, 0.1) is 47.1 Å². The average molecular weight is 566 g/mol. The van der Waals surface area contributed by atoms with Gasteiger partial charge in [-0.25, -0.2) is 4.79 Å². The summed E-state index contributed by atoms with van der Waals surface area (Å²) in [5.74, 6) is 3.07. The Morgan fingerprint density at radius 3 is 2.05 bits per heavy atom. The summed E-state index contributed by atoms with van der Waals surface area (Å²) in [5, 5.41) is 0. The molecule has 3 aliphatic heterocycles. The van der Waals surface area contributed by atoms with Gasteiger partial charge in [-0.3, -0.25) is 9.80 Å². The molecule has 2 aromatic rings. The van der Waals surface area contributed by atoms with Crippen LogP contribution in [0.25, 0.3) is 0 Å². The molecule has 9 heteroatoms. The molecule has 0 unspecified atom stereocenters.